The predicted octanol–water partition coefficient (Wildman–Crippen LogP) is 2.19. The van der Waals surface area contributed by atoms with Gasteiger partial charge in [0.1, 0.15) is 0 Å². The summed E-state index contributed by atoms with van der Waals surface area (Å²) in [5.41, 5.74) is 2.62. The standard InChI is InChI=1S/C16H19N7O/c1-11(14-10-19-22(3)12(14)2)20-16(24)21-13-5-6-15(17-9-13)23-8-4-7-18-23/h4-11H,1-3H3,(H2,20,21,24). The summed E-state index contributed by atoms with van der Waals surface area (Å²) in [6, 6.07) is 4.96. The van der Waals surface area contributed by atoms with Gasteiger partial charge in [-0.3, -0.25) is 4.68 Å². The van der Waals surface area contributed by atoms with E-state index in [4.69, 9.17) is 0 Å². The summed E-state index contributed by atoms with van der Waals surface area (Å²) in [5, 5.41) is 14.0. The van der Waals surface area contributed by atoms with Gasteiger partial charge in [-0.05, 0) is 32.0 Å². The highest BCUT2D eigenvalue weighted by molar-refractivity contribution is 5.89. The molecule has 124 valence electrons. The van der Waals surface area contributed by atoms with Crippen molar-refractivity contribution in [2.45, 2.75) is 19.9 Å². The van der Waals surface area contributed by atoms with Crippen molar-refractivity contribution in [1.82, 2.24) is 29.9 Å². The number of aromatic nitrogens is 5. The number of anilines is 1. The van der Waals surface area contributed by atoms with Crippen molar-refractivity contribution in [1.29, 1.82) is 0 Å². The number of carbonyl (C=O) groups excluding carboxylic acids is 1. The fraction of sp³-hybridized carbons (Fsp3) is 0.250. The highest BCUT2D eigenvalue weighted by atomic mass is 16.2. The van der Waals surface area contributed by atoms with Crippen LogP contribution >= 0.6 is 0 Å². The molecule has 0 saturated heterocycles. The van der Waals surface area contributed by atoms with Gasteiger partial charge in [-0.1, -0.05) is 0 Å². The third-order valence-corrected chi connectivity index (χ3v) is 3.83. The Morgan fingerprint density at radius 2 is 2.08 bits per heavy atom. The number of rotatable bonds is 4. The number of hydrogen-bond acceptors (Lipinski definition) is 4. The van der Waals surface area contributed by atoms with Crippen LogP contribution in [0, 0.1) is 6.92 Å². The van der Waals surface area contributed by atoms with Crippen molar-refractivity contribution in [3.63, 3.8) is 0 Å². The maximum atomic E-state index is 12.1. The van der Waals surface area contributed by atoms with Gasteiger partial charge in [-0.2, -0.15) is 10.2 Å². The lowest BCUT2D eigenvalue weighted by molar-refractivity contribution is 0.249. The summed E-state index contributed by atoms with van der Waals surface area (Å²) in [6.45, 7) is 3.89. The minimum absolute atomic E-state index is 0.144. The first-order valence-electron chi connectivity index (χ1n) is 7.56. The van der Waals surface area contributed by atoms with Gasteiger partial charge in [0.05, 0.1) is 24.1 Å². The molecule has 3 aromatic rings. The first-order valence-corrected chi connectivity index (χ1v) is 7.56. The minimum atomic E-state index is -0.292. The second kappa shape index (κ2) is 6.53. The van der Waals surface area contributed by atoms with E-state index < -0.39 is 0 Å². The third-order valence-electron chi connectivity index (χ3n) is 3.83. The van der Waals surface area contributed by atoms with Crippen molar-refractivity contribution in [3.8, 4) is 5.82 Å². The molecule has 0 spiro atoms. The maximum absolute atomic E-state index is 12.1. The predicted molar refractivity (Wildman–Crippen MR) is 89.9 cm³/mol. The summed E-state index contributed by atoms with van der Waals surface area (Å²) in [7, 11) is 1.87. The molecule has 2 N–H and O–H groups in total. The molecule has 24 heavy (non-hydrogen) atoms. The second-order valence-corrected chi connectivity index (χ2v) is 5.48. The zero-order valence-electron chi connectivity index (χ0n) is 13.8. The zero-order valence-corrected chi connectivity index (χ0v) is 13.8. The fourth-order valence-corrected chi connectivity index (χ4v) is 2.38. The molecule has 0 fully saturated rings. The van der Waals surface area contributed by atoms with E-state index in [1.807, 2.05) is 27.0 Å². The summed E-state index contributed by atoms with van der Waals surface area (Å²) < 4.78 is 3.43. The summed E-state index contributed by atoms with van der Waals surface area (Å²) in [5.74, 6) is 0.685. The lowest BCUT2D eigenvalue weighted by atomic mass is 10.1. The molecule has 3 rings (SSSR count). The first kappa shape index (κ1) is 15.7. The van der Waals surface area contributed by atoms with Crippen molar-refractivity contribution in [2.75, 3.05) is 5.32 Å². The van der Waals surface area contributed by atoms with Crippen LogP contribution in [-0.2, 0) is 7.05 Å². The molecule has 0 aliphatic carbocycles. The quantitative estimate of drug-likeness (QED) is 0.769. The smallest absolute Gasteiger partial charge is 0.319 e. The fourth-order valence-electron chi connectivity index (χ4n) is 2.38. The number of pyridine rings is 1. The van der Waals surface area contributed by atoms with Crippen LogP contribution in [0.25, 0.3) is 5.82 Å². The molecule has 0 saturated carbocycles. The molecule has 3 heterocycles. The Kier molecular flexibility index (Phi) is 4.28. The molecule has 0 aromatic carbocycles. The first-order chi connectivity index (χ1) is 11.5. The maximum Gasteiger partial charge on any atom is 0.319 e. The minimum Gasteiger partial charge on any atom is -0.331 e. The Bertz CT molecular complexity index is 821. The normalized spacial score (nSPS) is 12.0. The lowest BCUT2D eigenvalue weighted by Gasteiger charge is -2.14. The molecule has 0 aliphatic heterocycles. The number of amides is 2. The van der Waals surface area contributed by atoms with Gasteiger partial charge >= 0.3 is 6.03 Å². The van der Waals surface area contributed by atoms with Crippen LogP contribution in [0.5, 0.6) is 0 Å². The Morgan fingerprint density at radius 3 is 2.67 bits per heavy atom. The highest BCUT2D eigenvalue weighted by Crippen LogP contribution is 2.16. The Labute approximate surface area is 139 Å². The Morgan fingerprint density at radius 1 is 1.25 bits per heavy atom. The van der Waals surface area contributed by atoms with E-state index in [1.54, 1.807) is 46.3 Å². The molecule has 1 unspecified atom stereocenters. The van der Waals surface area contributed by atoms with Crippen LogP contribution in [0.4, 0.5) is 10.5 Å². The van der Waals surface area contributed by atoms with Crippen molar-refractivity contribution >= 4 is 11.7 Å². The monoisotopic (exact) mass is 325 g/mol. The number of aryl methyl sites for hydroxylation is 1. The van der Waals surface area contributed by atoms with E-state index in [-0.39, 0.29) is 12.1 Å². The molecule has 3 aromatic heterocycles. The number of hydrogen-bond donors (Lipinski definition) is 2. The Balaban J connectivity index is 1.61. The summed E-state index contributed by atoms with van der Waals surface area (Å²) in [4.78, 5) is 16.4. The molecular weight excluding hydrogens is 306 g/mol. The van der Waals surface area contributed by atoms with Gasteiger partial charge < -0.3 is 10.6 Å². The SMILES string of the molecule is Cc1c(C(C)NC(=O)Nc2ccc(-n3cccn3)nc2)cnn1C. The average molecular weight is 325 g/mol. The van der Waals surface area contributed by atoms with Gasteiger partial charge in [0.25, 0.3) is 0 Å². The molecule has 2 amide bonds. The van der Waals surface area contributed by atoms with E-state index in [2.05, 4.69) is 25.8 Å². The molecule has 8 heteroatoms. The number of nitrogens with zero attached hydrogens (tertiary/aromatic N) is 5. The van der Waals surface area contributed by atoms with Crippen molar-refractivity contribution in [2.24, 2.45) is 7.05 Å². The van der Waals surface area contributed by atoms with Crippen molar-refractivity contribution < 1.29 is 4.79 Å². The topological polar surface area (TPSA) is 89.7 Å². The highest BCUT2D eigenvalue weighted by Gasteiger charge is 2.14. The van der Waals surface area contributed by atoms with E-state index in [0.717, 1.165) is 11.3 Å². The van der Waals surface area contributed by atoms with E-state index >= 15 is 0 Å². The molecule has 0 aliphatic rings. The molecule has 0 radical (unpaired) electrons. The van der Waals surface area contributed by atoms with E-state index in [9.17, 15) is 4.79 Å². The van der Waals surface area contributed by atoms with Crippen LogP contribution in [0.2, 0.25) is 0 Å². The van der Waals surface area contributed by atoms with Gasteiger partial charge in [0.2, 0.25) is 0 Å². The van der Waals surface area contributed by atoms with Gasteiger partial charge in [0, 0.05) is 30.7 Å². The number of nitrogens with one attached hydrogen (secondary N) is 2. The van der Waals surface area contributed by atoms with Crippen molar-refractivity contribution in [3.05, 3.63) is 54.2 Å². The van der Waals surface area contributed by atoms with Crippen LogP contribution in [0.1, 0.15) is 24.2 Å². The third kappa shape index (κ3) is 3.27. The molecular formula is C16H19N7O. The summed E-state index contributed by atoms with van der Waals surface area (Å²) >= 11 is 0. The summed E-state index contributed by atoms with van der Waals surface area (Å²) in [6.07, 6.45) is 6.85. The zero-order chi connectivity index (χ0) is 17.1. The lowest BCUT2D eigenvalue weighted by Crippen LogP contribution is -2.31. The molecule has 8 nitrogen and oxygen atoms in total. The number of urea groups is 1. The van der Waals surface area contributed by atoms with Gasteiger partial charge in [-0.25, -0.2) is 14.5 Å². The van der Waals surface area contributed by atoms with Crippen LogP contribution in [-0.4, -0.2) is 30.6 Å². The van der Waals surface area contributed by atoms with Crippen LogP contribution in [0.15, 0.2) is 43.0 Å². The van der Waals surface area contributed by atoms with Crippen LogP contribution in [0.3, 0.4) is 0 Å². The Hall–Kier alpha value is -3.16. The number of carbonyl (C=O) groups is 1. The van der Waals surface area contributed by atoms with Gasteiger partial charge in [-0.15, -0.1) is 0 Å². The largest absolute Gasteiger partial charge is 0.331 e. The van der Waals surface area contributed by atoms with Gasteiger partial charge in [0.15, 0.2) is 5.82 Å². The molecule has 1 atom stereocenters. The second-order valence-electron chi connectivity index (χ2n) is 5.48. The van der Waals surface area contributed by atoms with Crippen LogP contribution < -0.4 is 10.6 Å². The van der Waals surface area contributed by atoms with E-state index in [1.165, 1.54) is 0 Å². The van der Waals surface area contributed by atoms with E-state index in [0.29, 0.717) is 11.5 Å². The molecule has 0 bridgehead atoms. The average Bonchev–Trinajstić information content (AvgIpc) is 3.19.